The number of nitrogens with two attached hydrogens (primary N) is 1. The van der Waals surface area contributed by atoms with Crippen LogP contribution in [0.4, 0.5) is 0 Å². The highest BCUT2D eigenvalue weighted by molar-refractivity contribution is 7.57. The molecule has 0 aliphatic heterocycles. The molecule has 2 N–H and O–H groups in total. The van der Waals surface area contributed by atoms with Crippen LogP contribution >= 0.6 is 7.92 Å². The Hall–Kier alpha value is 0.390. The van der Waals surface area contributed by atoms with Crippen LogP contribution in [0.3, 0.4) is 0 Å². The molecule has 0 unspecified atom stereocenters. The molecule has 0 aromatic carbocycles. The van der Waals surface area contributed by atoms with Gasteiger partial charge in [-0.25, -0.2) is 0 Å². The lowest BCUT2D eigenvalue weighted by molar-refractivity contribution is 0.579. The van der Waals surface area contributed by atoms with E-state index in [4.69, 9.17) is 5.73 Å². The Labute approximate surface area is 117 Å². The molecule has 0 fully saturated rings. The number of unbranched alkanes of at least 4 members (excludes halogenated alkanes) is 7. The lowest BCUT2D eigenvalue weighted by Gasteiger charge is -2.15. The summed E-state index contributed by atoms with van der Waals surface area (Å²) in [6, 6.07) is 0. The second kappa shape index (κ2) is 15.4. The zero-order chi connectivity index (χ0) is 13.5. The lowest BCUT2D eigenvalue weighted by Crippen LogP contribution is -1.97. The molecule has 0 radical (unpaired) electrons. The smallest absolute Gasteiger partial charge is 0.00773 e. The highest BCUT2D eigenvalue weighted by Gasteiger charge is 2.04. The average Bonchev–Trinajstić information content (AvgIpc) is 2.37. The van der Waals surface area contributed by atoms with E-state index in [2.05, 4.69) is 13.8 Å². The van der Waals surface area contributed by atoms with E-state index in [-0.39, 0.29) is 0 Å². The maximum absolute atomic E-state index is 5.49. The summed E-state index contributed by atoms with van der Waals surface area (Å²) in [6.45, 7) is 5.55. The Balaban J connectivity index is 3.21. The van der Waals surface area contributed by atoms with E-state index in [1.54, 1.807) is 6.16 Å². The van der Waals surface area contributed by atoms with Gasteiger partial charge in [0.15, 0.2) is 0 Å². The Morgan fingerprint density at radius 2 is 1.06 bits per heavy atom. The van der Waals surface area contributed by atoms with Gasteiger partial charge in [-0.3, -0.25) is 0 Å². The topological polar surface area (TPSA) is 26.0 Å². The van der Waals surface area contributed by atoms with Gasteiger partial charge in [0.1, 0.15) is 0 Å². The molecule has 0 aliphatic carbocycles. The lowest BCUT2D eigenvalue weighted by atomic mass is 10.1. The van der Waals surface area contributed by atoms with Crippen LogP contribution in [-0.2, 0) is 0 Å². The molecule has 0 amide bonds. The fourth-order valence-corrected chi connectivity index (χ4v) is 5.11. The summed E-state index contributed by atoms with van der Waals surface area (Å²) in [5.74, 6) is 0. The first-order chi connectivity index (χ1) is 8.85. The van der Waals surface area contributed by atoms with Crippen LogP contribution in [0.5, 0.6) is 0 Å². The molecule has 0 rings (SSSR count). The fourth-order valence-electron chi connectivity index (χ4n) is 2.51. The van der Waals surface area contributed by atoms with Gasteiger partial charge < -0.3 is 5.73 Å². The van der Waals surface area contributed by atoms with E-state index in [1.807, 2.05) is 0 Å². The Kier molecular flexibility index (Phi) is 15.8. The predicted molar refractivity (Wildman–Crippen MR) is 88.1 cm³/mol. The van der Waals surface area contributed by atoms with Crippen molar-refractivity contribution in [2.24, 2.45) is 5.73 Å². The van der Waals surface area contributed by atoms with E-state index >= 15 is 0 Å². The van der Waals surface area contributed by atoms with Gasteiger partial charge in [-0.05, 0) is 37.9 Å². The molecule has 0 bridgehead atoms. The highest BCUT2D eigenvalue weighted by atomic mass is 31.1. The zero-order valence-corrected chi connectivity index (χ0v) is 13.8. The normalized spacial score (nSPS) is 11.3. The van der Waals surface area contributed by atoms with E-state index in [9.17, 15) is 0 Å². The molecule has 1 nitrogen and oxygen atoms in total. The molecule has 18 heavy (non-hydrogen) atoms. The Morgan fingerprint density at radius 3 is 1.50 bits per heavy atom. The van der Waals surface area contributed by atoms with Crippen molar-refractivity contribution < 1.29 is 0 Å². The van der Waals surface area contributed by atoms with E-state index < -0.39 is 0 Å². The standard InChI is InChI=1S/C16H36NP/c1-3-14-18(15-4-2)16-12-10-8-6-5-7-9-11-13-17/h3-17H2,1-2H3. The second-order valence-corrected chi connectivity index (χ2v) is 8.14. The quantitative estimate of drug-likeness (QED) is 0.334. The summed E-state index contributed by atoms with van der Waals surface area (Å²) in [4.78, 5) is 0. The third kappa shape index (κ3) is 12.8. The third-order valence-corrected chi connectivity index (χ3v) is 6.62. The second-order valence-electron chi connectivity index (χ2n) is 5.46. The minimum Gasteiger partial charge on any atom is -0.330 e. The summed E-state index contributed by atoms with van der Waals surface area (Å²) in [5, 5.41) is 0. The first-order valence-corrected chi connectivity index (χ1v) is 10.2. The van der Waals surface area contributed by atoms with Crippen molar-refractivity contribution >= 4 is 7.92 Å². The third-order valence-electron chi connectivity index (χ3n) is 3.51. The SMILES string of the molecule is CCCP(CCC)CCCCCCCCCCN. The average molecular weight is 273 g/mol. The molecule has 0 saturated carbocycles. The number of rotatable bonds is 14. The van der Waals surface area contributed by atoms with Crippen LogP contribution < -0.4 is 5.73 Å². The molecule has 0 spiro atoms. The first-order valence-electron chi connectivity index (χ1n) is 8.27. The van der Waals surface area contributed by atoms with Crippen molar-refractivity contribution in [2.45, 2.75) is 78.1 Å². The van der Waals surface area contributed by atoms with Crippen LogP contribution in [0.2, 0.25) is 0 Å². The molecular formula is C16H36NP. The molecule has 0 atom stereocenters. The molecule has 0 saturated heterocycles. The van der Waals surface area contributed by atoms with Crippen LogP contribution in [0.15, 0.2) is 0 Å². The van der Waals surface area contributed by atoms with Gasteiger partial charge in [-0.2, -0.15) is 0 Å². The van der Waals surface area contributed by atoms with E-state index in [0.717, 1.165) is 6.54 Å². The van der Waals surface area contributed by atoms with Crippen LogP contribution in [0.25, 0.3) is 0 Å². The number of hydrogen-bond donors (Lipinski definition) is 1. The molecule has 0 aromatic rings. The summed E-state index contributed by atoms with van der Waals surface area (Å²) < 4.78 is 0. The van der Waals surface area contributed by atoms with Gasteiger partial charge in [0.25, 0.3) is 0 Å². The van der Waals surface area contributed by atoms with Crippen LogP contribution in [0, 0.1) is 0 Å². The predicted octanol–water partition coefficient (Wildman–Crippen LogP) is 5.37. The molecular weight excluding hydrogens is 237 g/mol. The van der Waals surface area contributed by atoms with Gasteiger partial charge in [0.2, 0.25) is 0 Å². The van der Waals surface area contributed by atoms with Crippen molar-refractivity contribution in [1.82, 2.24) is 0 Å². The van der Waals surface area contributed by atoms with Crippen LogP contribution in [-0.4, -0.2) is 25.0 Å². The highest BCUT2D eigenvalue weighted by Crippen LogP contribution is 2.37. The summed E-state index contributed by atoms with van der Waals surface area (Å²) in [6.07, 6.45) is 18.6. The largest absolute Gasteiger partial charge is 0.330 e. The minimum absolute atomic E-state index is 0.393. The number of hydrogen-bond acceptors (Lipinski definition) is 1. The van der Waals surface area contributed by atoms with Gasteiger partial charge in [0, 0.05) is 0 Å². The van der Waals surface area contributed by atoms with Gasteiger partial charge in [-0.15, -0.1) is 7.92 Å². The molecule has 2 heteroatoms. The van der Waals surface area contributed by atoms with Crippen LogP contribution in [0.1, 0.15) is 78.1 Å². The maximum atomic E-state index is 5.49. The maximum Gasteiger partial charge on any atom is -0.00773 e. The van der Waals surface area contributed by atoms with Crippen molar-refractivity contribution in [3.05, 3.63) is 0 Å². The van der Waals surface area contributed by atoms with Gasteiger partial charge in [-0.1, -0.05) is 65.2 Å². The zero-order valence-electron chi connectivity index (χ0n) is 12.9. The van der Waals surface area contributed by atoms with E-state index in [1.165, 1.54) is 76.5 Å². The van der Waals surface area contributed by atoms with Crippen molar-refractivity contribution in [1.29, 1.82) is 0 Å². The summed E-state index contributed by atoms with van der Waals surface area (Å²) in [5.41, 5.74) is 5.49. The Morgan fingerprint density at radius 1 is 0.611 bits per heavy atom. The minimum atomic E-state index is 0.393. The molecule has 0 heterocycles. The summed E-state index contributed by atoms with van der Waals surface area (Å²) in [7, 11) is 0.393. The summed E-state index contributed by atoms with van der Waals surface area (Å²) >= 11 is 0. The van der Waals surface area contributed by atoms with Crippen molar-refractivity contribution in [2.75, 3.05) is 25.0 Å². The molecule has 0 aromatic heterocycles. The van der Waals surface area contributed by atoms with Gasteiger partial charge >= 0.3 is 0 Å². The van der Waals surface area contributed by atoms with Crippen molar-refractivity contribution in [3.63, 3.8) is 0 Å². The Bertz CT molecular complexity index is 144. The fraction of sp³-hybridized carbons (Fsp3) is 1.00. The van der Waals surface area contributed by atoms with Gasteiger partial charge in [0.05, 0.1) is 0 Å². The van der Waals surface area contributed by atoms with E-state index in [0.29, 0.717) is 7.92 Å². The monoisotopic (exact) mass is 273 g/mol. The van der Waals surface area contributed by atoms with Crippen molar-refractivity contribution in [3.8, 4) is 0 Å². The molecule has 0 aliphatic rings. The molecule has 110 valence electrons. The first kappa shape index (κ1) is 18.4.